The molecule has 2 amide bonds. The van der Waals surface area contributed by atoms with Crippen molar-refractivity contribution in [3.63, 3.8) is 0 Å². The first-order valence-corrected chi connectivity index (χ1v) is 7.78. The standard InChI is InChI=1S/C17H13N3O5/c21-15-11-3-1-2-4-12(11)16(22)20(15)25-17(23)13-7-19-14(8-18-13)24-9-10-5-6-10/h1-4,7-8,10H,5-6,9H2. The number of ether oxygens (including phenoxy) is 1. The zero-order valence-electron chi connectivity index (χ0n) is 13.0. The molecule has 1 saturated carbocycles. The molecule has 1 aromatic heterocycles. The molecule has 0 N–H and O–H groups in total. The molecular weight excluding hydrogens is 326 g/mol. The van der Waals surface area contributed by atoms with Crippen molar-refractivity contribution in [3.8, 4) is 5.88 Å². The summed E-state index contributed by atoms with van der Waals surface area (Å²) in [6, 6.07) is 6.24. The van der Waals surface area contributed by atoms with Crippen LogP contribution in [-0.2, 0) is 4.84 Å². The molecular formula is C17H13N3O5. The van der Waals surface area contributed by atoms with Crippen molar-refractivity contribution in [2.24, 2.45) is 5.92 Å². The molecule has 4 rings (SSSR count). The average molecular weight is 339 g/mol. The van der Waals surface area contributed by atoms with Gasteiger partial charge in [0.1, 0.15) is 0 Å². The van der Waals surface area contributed by atoms with Crippen LogP contribution in [0, 0.1) is 5.92 Å². The van der Waals surface area contributed by atoms with E-state index in [-0.39, 0.29) is 16.8 Å². The summed E-state index contributed by atoms with van der Waals surface area (Å²) < 4.78 is 5.43. The molecule has 0 saturated heterocycles. The van der Waals surface area contributed by atoms with Crippen molar-refractivity contribution in [1.82, 2.24) is 15.0 Å². The monoisotopic (exact) mass is 339 g/mol. The number of hydrogen-bond donors (Lipinski definition) is 0. The van der Waals surface area contributed by atoms with Crippen LogP contribution in [0.3, 0.4) is 0 Å². The third-order valence-electron chi connectivity index (χ3n) is 3.93. The number of rotatable bonds is 5. The van der Waals surface area contributed by atoms with Gasteiger partial charge in [-0.2, -0.15) is 0 Å². The summed E-state index contributed by atoms with van der Waals surface area (Å²) in [6.07, 6.45) is 4.79. The van der Waals surface area contributed by atoms with Gasteiger partial charge in [-0.05, 0) is 30.9 Å². The van der Waals surface area contributed by atoms with E-state index in [1.165, 1.54) is 24.5 Å². The minimum Gasteiger partial charge on any atom is -0.476 e. The molecule has 0 radical (unpaired) electrons. The van der Waals surface area contributed by atoms with Crippen molar-refractivity contribution in [2.45, 2.75) is 12.8 Å². The lowest BCUT2D eigenvalue weighted by molar-refractivity contribution is -0.0588. The third kappa shape index (κ3) is 2.93. The molecule has 1 fully saturated rings. The van der Waals surface area contributed by atoms with Crippen molar-refractivity contribution in [3.05, 3.63) is 53.5 Å². The van der Waals surface area contributed by atoms with Crippen LogP contribution in [0.25, 0.3) is 0 Å². The highest BCUT2D eigenvalue weighted by Gasteiger charge is 2.39. The van der Waals surface area contributed by atoms with Crippen molar-refractivity contribution >= 4 is 17.8 Å². The largest absolute Gasteiger partial charge is 0.476 e. The summed E-state index contributed by atoms with van der Waals surface area (Å²) in [5.41, 5.74) is 0.251. The Morgan fingerprint density at radius 1 is 1.08 bits per heavy atom. The van der Waals surface area contributed by atoms with Crippen LogP contribution in [-0.4, -0.2) is 39.4 Å². The van der Waals surface area contributed by atoms with Crippen molar-refractivity contribution < 1.29 is 24.0 Å². The zero-order chi connectivity index (χ0) is 17.4. The van der Waals surface area contributed by atoms with E-state index in [1.54, 1.807) is 12.1 Å². The number of aromatic nitrogens is 2. The number of amides is 2. The Morgan fingerprint density at radius 2 is 1.76 bits per heavy atom. The molecule has 1 aliphatic heterocycles. The van der Waals surface area contributed by atoms with Gasteiger partial charge in [0, 0.05) is 0 Å². The Kier molecular flexibility index (Phi) is 3.64. The van der Waals surface area contributed by atoms with Crippen LogP contribution < -0.4 is 4.74 Å². The number of carbonyl (C=O) groups excluding carboxylic acids is 3. The van der Waals surface area contributed by atoms with Crippen LogP contribution >= 0.6 is 0 Å². The van der Waals surface area contributed by atoms with Gasteiger partial charge >= 0.3 is 5.97 Å². The Morgan fingerprint density at radius 3 is 2.32 bits per heavy atom. The number of carbonyl (C=O) groups is 3. The Balaban J connectivity index is 1.43. The summed E-state index contributed by atoms with van der Waals surface area (Å²) in [7, 11) is 0. The fourth-order valence-corrected chi connectivity index (χ4v) is 2.36. The zero-order valence-corrected chi connectivity index (χ0v) is 13.0. The van der Waals surface area contributed by atoms with E-state index in [4.69, 9.17) is 9.57 Å². The van der Waals surface area contributed by atoms with Gasteiger partial charge in [0.05, 0.1) is 30.1 Å². The average Bonchev–Trinajstić information content (AvgIpc) is 3.44. The Bertz CT molecular complexity index is 826. The number of fused-ring (bicyclic) bond motifs is 1. The van der Waals surface area contributed by atoms with Crippen molar-refractivity contribution in [1.29, 1.82) is 0 Å². The summed E-state index contributed by atoms with van der Waals surface area (Å²) in [6.45, 7) is 0.577. The maximum Gasteiger partial charge on any atom is 0.383 e. The second-order valence-corrected chi connectivity index (χ2v) is 5.82. The summed E-state index contributed by atoms with van der Waals surface area (Å²) >= 11 is 0. The van der Waals surface area contributed by atoms with E-state index in [9.17, 15) is 14.4 Å². The van der Waals surface area contributed by atoms with Gasteiger partial charge in [-0.25, -0.2) is 14.8 Å². The quantitative estimate of drug-likeness (QED) is 0.763. The van der Waals surface area contributed by atoms with Gasteiger partial charge < -0.3 is 9.57 Å². The highest BCUT2D eigenvalue weighted by atomic mass is 16.7. The van der Waals surface area contributed by atoms with Crippen LogP contribution in [0.2, 0.25) is 0 Å². The van der Waals surface area contributed by atoms with Crippen LogP contribution in [0.5, 0.6) is 5.88 Å². The molecule has 2 aromatic rings. The summed E-state index contributed by atoms with van der Waals surface area (Å²) in [5, 5.41) is 0.437. The normalized spacial score (nSPS) is 15.9. The molecule has 0 spiro atoms. The minimum atomic E-state index is -0.948. The third-order valence-corrected chi connectivity index (χ3v) is 3.93. The fourth-order valence-electron chi connectivity index (χ4n) is 2.36. The molecule has 8 heteroatoms. The molecule has 0 bridgehead atoms. The first kappa shape index (κ1) is 15.3. The van der Waals surface area contributed by atoms with E-state index >= 15 is 0 Å². The summed E-state index contributed by atoms with van der Waals surface area (Å²) in [4.78, 5) is 49.2. The minimum absolute atomic E-state index is 0.129. The number of hydroxylamine groups is 2. The molecule has 25 heavy (non-hydrogen) atoms. The lowest BCUT2D eigenvalue weighted by Gasteiger charge is -2.12. The number of hydrogen-bond acceptors (Lipinski definition) is 7. The van der Waals surface area contributed by atoms with Crippen LogP contribution in [0.4, 0.5) is 0 Å². The van der Waals surface area contributed by atoms with Gasteiger partial charge in [0.2, 0.25) is 5.88 Å². The van der Waals surface area contributed by atoms with E-state index in [1.807, 2.05) is 0 Å². The van der Waals surface area contributed by atoms with E-state index in [0.29, 0.717) is 23.5 Å². The molecule has 2 heterocycles. The molecule has 0 atom stereocenters. The Hall–Kier alpha value is -3.29. The SMILES string of the molecule is O=C(ON1C(=O)c2ccccc2C1=O)c1cnc(OCC2CC2)cn1. The van der Waals surface area contributed by atoms with Gasteiger partial charge in [0.15, 0.2) is 5.69 Å². The first-order chi connectivity index (χ1) is 12.1. The lowest BCUT2D eigenvalue weighted by Crippen LogP contribution is -2.33. The second-order valence-electron chi connectivity index (χ2n) is 5.82. The Labute approximate surface area is 142 Å². The lowest BCUT2D eigenvalue weighted by atomic mass is 10.1. The smallest absolute Gasteiger partial charge is 0.383 e. The molecule has 1 aromatic carbocycles. The van der Waals surface area contributed by atoms with Gasteiger partial charge in [-0.1, -0.05) is 17.2 Å². The number of benzene rings is 1. The van der Waals surface area contributed by atoms with Crippen LogP contribution in [0.1, 0.15) is 44.0 Å². The van der Waals surface area contributed by atoms with Gasteiger partial charge in [-0.3, -0.25) is 9.59 Å². The molecule has 0 unspecified atom stereocenters. The maximum absolute atomic E-state index is 12.2. The summed E-state index contributed by atoms with van der Waals surface area (Å²) in [5.74, 6) is -1.45. The van der Waals surface area contributed by atoms with Crippen molar-refractivity contribution in [2.75, 3.05) is 6.61 Å². The molecule has 2 aliphatic rings. The van der Waals surface area contributed by atoms with Gasteiger partial charge in [-0.15, -0.1) is 0 Å². The fraction of sp³-hybridized carbons (Fsp3) is 0.235. The highest BCUT2D eigenvalue weighted by Crippen LogP contribution is 2.29. The van der Waals surface area contributed by atoms with Gasteiger partial charge in [0.25, 0.3) is 11.8 Å². The molecule has 8 nitrogen and oxygen atoms in total. The molecule has 1 aliphatic carbocycles. The predicted octanol–water partition coefficient (Wildman–Crippen LogP) is 1.63. The second kappa shape index (κ2) is 5.97. The van der Waals surface area contributed by atoms with E-state index in [2.05, 4.69) is 9.97 Å². The topological polar surface area (TPSA) is 98.7 Å². The number of imide groups is 1. The highest BCUT2D eigenvalue weighted by molar-refractivity contribution is 6.21. The molecule has 126 valence electrons. The predicted molar refractivity (Wildman–Crippen MR) is 82.6 cm³/mol. The maximum atomic E-state index is 12.2. The van der Waals surface area contributed by atoms with E-state index in [0.717, 1.165) is 12.8 Å². The first-order valence-electron chi connectivity index (χ1n) is 7.78. The number of nitrogens with zero attached hydrogens (tertiary/aromatic N) is 3. The van der Waals surface area contributed by atoms with Crippen LogP contribution in [0.15, 0.2) is 36.7 Å². The van der Waals surface area contributed by atoms with E-state index < -0.39 is 17.8 Å².